The summed E-state index contributed by atoms with van der Waals surface area (Å²) < 4.78 is 9.38. The summed E-state index contributed by atoms with van der Waals surface area (Å²) in [4.78, 5) is 19.9. The van der Waals surface area contributed by atoms with Crippen LogP contribution in [0.15, 0.2) is 40.8 Å². The summed E-state index contributed by atoms with van der Waals surface area (Å²) in [5, 5.41) is 1.88. The molecule has 6 nitrogen and oxygen atoms in total. The molecule has 0 aliphatic carbocycles. The number of ether oxygens (including phenoxy) is 1. The highest BCUT2D eigenvalue weighted by Gasteiger charge is 2.26. The van der Waals surface area contributed by atoms with Gasteiger partial charge in [-0.3, -0.25) is 14.1 Å². The van der Waals surface area contributed by atoms with Crippen molar-refractivity contribution in [3.63, 3.8) is 0 Å². The van der Waals surface area contributed by atoms with Crippen molar-refractivity contribution in [2.45, 2.75) is 12.6 Å². The van der Waals surface area contributed by atoms with E-state index in [1.54, 1.807) is 16.7 Å². The second-order valence-electron chi connectivity index (χ2n) is 5.75. The van der Waals surface area contributed by atoms with Gasteiger partial charge in [-0.2, -0.15) is 0 Å². The fourth-order valence-electron chi connectivity index (χ4n) is 3.10. The fraction of sp³-hybridized carbons (Fsp3) is 0.375. The standard InChI is InChI=1S/C16H18N4O2S/c1-18-4-2-3-13(18)14-11-22-7-5-19(14)10-12-9-15(21)20-6-8-23-16(20)17-12/h2-4,6,8-9,14H,5,7,10-11H2,1H3/t14-/m0/s1. The topological polar surface area (TPSA) is 51.8 Å². The lowest BCUT2D eigenvalue weighted by molar-refractivity contribution is -0.0157. The molecule has 0 bridgehead atoms. The maximum Gasteiger partial charge on any atom is 0.258 e. The molecule has 1 aliphatic heterocycles. The average Bonchev–Trinajstić information content (AvgIpc) is 3.17. The highest BCUT2D eigenvalue weighted by atomic mass is 32.1. The van der Waals surface area contributed by atoms with Crippen molar-refractivity contribution in [2.75, 3.05) is 19.8 Å². The van der Waals surface area contributed by atoms with Gasteiger partial charge in [-0.1, -0.05) is 0 Å². The lowest BCUT2D eigenvalue weighted by Crippen LogP contribution is -2.40. The number of thiazole rings is 1. The Balaban J connectivity index is 1.64. The van der Waals surface area contributed by atoms with Gasteiger partial charge in [0, 0.05) is 49.7 Å². The molecule has 0 aromatic carbocycles. The van der Waals surface area contributed by atoms with Crippen LogP contribution in [0.2, 0.25) is 0 Å². The van der Waals surface area contributed by atoms with Crippen molar-refractivity contribution >= 4 is 16.3 Å². The minimum absolute atomic E-state index is 0.0186. The molecular formula is C16H18N4O2S. The van der Waals surface area contributed by atoms with Gasteiger partial charge in [0.25, 0.3) is 5.56 Å². The van der Waals surface area contributed by atoms with E-state index in [-0.39, 0.29) is 11.6 Å². The van der Waals surface area contributed by atoms with Crippen LogP contribution in [0.5, 0.6) is 0 Å². The quantitative estimate of drug-likeness (QED) is 0.733. The highest BCUT2D eigenvalue weighted by Crippen LogP contribution is 2.25. The van der Waals surface area contributed by atoms with E-state index in [0.29, 0.717) is 19.8 Å². The molecule has 0 N–H and O–H groups in total. The van der Waals surface area contributed by atoms with Crippen molar-refractivity contribution in [1.82, 2.24) is 18.9 Å². The maximum atomic E-state index is 12.1. The van der Waals surface area contributed by atoms with Gasteiger partial charge in [0.15, 0.2) is 4.96 Å². The fourth-order valence-corrected chi connectivity index (χ4v) is 3.84. The summed E-state index contributed by atoms with van der Waals surface area (Å²) in [5.74, 6) is 0. The number of fused-ring (bicyclic) bond motifs is 1. The third-order valence-electron chi connectivity index (χ3n) is 4.29. The number of nitrogens with zero attached hydrogens (tertiary/aromatic N) is 4. The van der Waals surface area contributed by atoms with E-state index >= 15 is 0 Å². The van der Waals surface area contributed by atoms with E-state index in [4.69, 9.17) is 4.74 Å². The Hall–Kier alpha value is -1.96. The summed E-state index contributed by atoms with van der Waals surface area (Å²) in [6.45, 7) is 2.86. The molecule has 7 heteroatoms. The molecule has 0 unspecified atom stereocenters. The molecule has 0 spiro atoms. The van der Waals surface area contributed by atoms with Gasteiger partial charge >= 0.3 is 0 Å². The molecule has 1 atom stereocenters. The smallest absolute Gasteiger partial charge is 0.258 e. The van der Waals surface area contributed by atoms with Crippen molar-refractivity contribution in [3.05, 3.63) is 57.7 Å². The zero-order valence-electron chi connectivity index (χ0n) is 12.9. The van der Waals surface area contributed by atoms with Gasteiger partial charge in [0.05, 0.1) is 24.9 Å². The van der Waals surface area contributed by atoms with Gasteiger partial charge in [0.1, 0.15) is 0 Å². The van der Waals surface area contributed by atoms with Crippen LogP contribution < -0.4 is 5.56 Å². The van der Waals surface area contributed by atoms with Crippen molar-refractivity contribution < 1.29 is 4.74 Å². The molecular weight excluding hydrogens is 312 g/mol. The number of hydrogen-bond donors (Lipinski definition) is 0. The van der Waals surface area contributed by atoms with E-state index in [1.165, 1.54) is 17.0 Å². The van der Waals surface area contributed by atoms with Crippen molar-refractivity contribution in [1.29, 1.82) is 0 Å². The Morgan fingerprint density at radius 3 is 3.17 bits per heavy atom. The van der Waals surface area contributed by atoms with E-state index in [2.05, 4.69) is 20.5 Å². The van der Waals surface area contributed by atoms with Crippen LogP contribution >= 0.6 is 11.3 Å². The summed E-state index contributed by atoms with van der Waals surface area (Å²) in [5.41, 5.74) is 2.02. The minimum atomic E-state index is -0.0186. The van der Waals surface area contributed by atoms with Gasteiger partial charge in [0.2, 0.25) is 0 Å². The summed E-state index contributed by atoms with van der Waals surface area (Å²) in [6.07, 6.45) is 3.81. The monoisotopic (exact) mass is 330 g/mol. The largest absolute Gasteiger partial charge is 0.378 e. The van der Waals surface area contributed by atoms with E-state index in [0.717, 1.165) is 17.2 Å². The van der Waals surface area contributed by atoms with Crippen LogP contribution in [-0.2, 0) is 18.3 Å². The second-order valence-corrected chi connectivity index (χ2v) is 6.62. The third-order valence-corrected chi connectivity index (χ3v) is 5.04. The van der Waals surface area contributed by atoms with Crippen LogP contribution in [0.4, 0.5) is 0 Å². The molecule has 0 amide bonds. The SMILES string of the molecule is Cn1cccc1[C@@H]1COCCN1Cc1cc(=O)n2ccsc2n1. The lowest BCUT2D eigenvalue weighted by Gasteiger charge is -2.35. The van der Waals surface area contributed by atoms with Crippen LogP contribution in [0.25, 0.3) is 4.96 Å². The number of morpholine rings is 1. The summed E-state index contributed by atoms with van der Waals surface area (Å²) >= 11 is 1.48. The van der Waals surface area contributed by atoms with E-state index in [9.17, 15) is 4.79 Å². The first-order chi connectivity index (χ1) is 11.2. The zero-order chi connectivity index (χ0) is 15.8. The molecule has 0 radical (unpaired) electrons. The number of aromatic nitrogens is 3. The first-order valence-electron chi connectivity index (χ1n) is 7.61. The first-order valence-corrected chi connectivity index (χ1v) is 8.49. The van der Waals surface area contributed by atoms with E-state index in [1.807, 2.05) is 24.7 Å². The third kappa shape index (κ3) is 2.71. The van der Waals surface area contributed by atoms with Gasteiger partial charge in [-0.05, 0) is 12.1 Å². The van der Waals surface area contributed by atoms with Crippen LogP contribution in [0.1, 0.15) is 17.4 Å². The Bertz CT molecular complexity index is 881. The Morgan fingerprint density at radius 2 is 2.35 bits per heavy atom. The maximum absolute atomic E-state index is 12.1. The molecule has 1 saturated heterocycles. The summed E-state index contributed by atoms with van der Waals surface area (Å²) in [6, 6.07) is 5.99. The molecule has 23 heavy (non-hydrogen) atoms. The molecule has 1 fully saturated rings. The lowest BCUT2D eigenvalue weighted by atomic mass is 10.1. The first kappa shape index (κ1) is 14.6. The van der Waals surface area contributed by atoms with Crippen LogP contribution in [0, 0.1) is 0 Å². The molecule has 4 heterocycles. The predicted octanol–water partition coefficient (Wildman–Crippen LogP) is 1.67. The van der Waals surface area contributed by atoms with Crippen LogP contribution in [-0.4, -0.2) is 38.6 Å². The molecule has 3 aromatic rings. The molecule has 4 rings (SSSR count). The number of aryl methyl sites for hydroxylation is 1. The number of hydrogen-bond acceptors (Lipinski definition) is 5. The molecule has 120 valence electrons. The molecule has 1 aliphatic rings. The average molecular weight is 330 g/mol. The Labute approximate surface area is 137 Å². The molecule has 3 aromatic heterocycles. The van der Waals surface area contributed by atoms with Gasteiger partial charge in [-0.25, -0.2) is 4.98 Å². The van der Waals surface area contributed by atoms with Gasteiger partial charge in [-0.15, -0.1) is 11.3 Å². The molecule has 0 saturated carbocycles. The van der Waals surface area contributed by atoms with Crippen molar-refractivity contribution in [2.24, 2.45) is 7.05 Å². The van der Waals surface area contributed by atoms with E-state index < -0.39 is 0 Å². The van der Waals surface area contributed by atoms with Crippen LogP contribution in [0.3, 0.4) is 0 Å². The highest BCUT2D eigenvalue weighted by molar-refractivity contribution is 7.15. The Morgan fingerprint density at radius 1 is 1.43 bits per heavy atom. The second kappa shape index (κ2) is 5.92. The predicted molar refractivity (Wildman–Crippen MR) is 88.7 cm³/mol. The Kier molecular flexibility index (Phi) is 3.76. The van der Waals surface area contributed by atoms with Gasteiger partial charge < -0.3 is 9.30 Å². The minimum Gasteiger partial charge on any atom is -0.378 e. The summed E-state index contributed by atoms with van der Waals surface area (Å²) in [7, 11) is 2.05. The number of rotatable bonds is 3. The zero-order valence-corrected chi connectivity index (χ0v) is 13.7. The normalized spacial score (nSPS) is 19.4. The van der Waals surface area contributed by atoms with Crippen molar-refractivity contribution in [3.8, 4) is 0 Å².